The smallest absolute Gasteiger partial charge is 0.308 e. The Balaban J connectivity index is 2.00. The molecule has 0 radical (unpaired) electrons. The lowest BCUT2D eigenvalue weighted by Gasteiger charge is -2.24. The third-order valence-electron chi connectivity index (χ3n) is 7.65. The van der Waals surface area contributed by atoms with E-state index in [9.17, 15) is 23.1 Å². The number of nitrogens with one attached hydrogen (secondary N) is 1. The highest BCUT2D eigenvalue weighted by Crippen LogP contribution is 2.45. The average molecular weight is 556 g/mol. The van der Waals surface area contributed by atoms with E-state index in [2.05, 4.69) is 4.72 Å². The molecule has 1 fully saturated rings. The number of benzene rings is 2. The molecule has 0 saturated heterocycles. The minimum Gasteiger partial charge on any atom is -0.497 e. The molecule has 210 valence electrons. The summed E-state index contributed by atoms with van der Waals surface area (Å²) in [4.78, 5) is 25.0. The molecule has 9 nitrogen and oxygen atoms in total. The molecule has 0 aliphatic heterocycles. The Morgan fingerprint density at radius 3 is 2.41 bits per heavy atom. The fourth-order valence-electron chi connectivity index (χ4n) is 5.45. The summed E-state index contributed by atoms with van der Waals surface area (Å²) in [7, 11) is 0.333. The number of hydrogen-bond donors (Lipinski definition) is 2. The molecule has 1 saturated carbocycles. The number of amides is 1. The number of carbonyl (C=O) groups is 2. The first-order valence-electron chi connectivity index (χ1n) is 13.2. The fraction of sp³-hybridized carbons (Fsp3) is 0.448. The Morgan fingerprint density at radius 1 is 1.13 bits per heavy atom. The molecule has 2 aromatic carbocycles. The van der Waals surface area contributed by atoms with Crippen LogP contribution in [0.25, 0.3) is 22.2 Å². The van der Waals surface area contributed by atoms with Gasteiger partial charge in [-0.3, -0.25) is 9.59 Å². The predicted octanol–water partition coefficient (Wildman–Crippen LogP) is 4.93. The highest BCUT2D eigenvalue weighted by molar-refractivity contribution is 7.87. The Morgan fingerprint density at radius 2 is 1.82 bits per heavy atom. The molecule has 1 aliphatic rings. The first-order chi connectivity index (χ1) is 18.4. The van der Waals surface area contributed by atoms with Gasteiger partial charge in [-0.05, 0) is 67.1 Å². The maximum Gasteiger partial charge on any atom is 0.308 e. The topological polar surface area (TPSA) is 118 Å². The lowest BCUT2D eigenvalue weighted by Crippen LogP contribution is -2.39. The molecular weight excluding hydrogens is 518 g/mol. The van der Waals surface area contributed by atoms with Gasteiger partial charge in [0.2, 0.25) is 0 Å². The van der Waals surface area contributed by atoms with E-state index in [1.807, 2.05) is 35.8 Å². The van der Waals surface area contributed by atoms with Gasteiger partial charge in [0.25, 0.3) is 5.91 Å². The number of ether oxygens (including phenoxy) is 1. The van der Waals surface area contributed by atoms with Crippen molar-refractivity contribution in [2.24, 2.45) is 5.92 Å². The van der Waals surface area contributed by atoms with Crippen molar-refractivity contribution in [3.8, 4) is 17.0 Å². The van der Waals surface area contributed by atoms with Crippen LogP contribution in [0.2, 0.25) is 0 Å². The highest BCUT2D eigenvalue weighted by atomic mass is 32.2. The monoisotopic (exact) mass is 555 g/mol. The molecule has 4 rings (SSSR count). The van der Waals surface area contributed by atoms with Crippen LogP contribution in [0.4, 0.5) is 0 Å². The van der Waals surface area contributed by atoms with Crippen molar-refractivity contribution in [3.63, 3.8) is 0 Å². The van der Waals surface area contributed by atoms with Gasteiger partial charge in [0.05, 0.1) is 18.7 Å². The van der Waals surface area contributed by atoms with E-state index in [1.165, 1.54) is 20.5 Å². The molecule has 0 spiro atoms. The van der Waals surface area contributed by atoms with Gasteiger partial charge < -0.3 is 14.4 Å². The van der Waals surface area contributed by atoms with Crippen LogP contribution in [0.5, 0.6) is 5.75 Å². The maximum absolute atomic E-state index is 13.0. The molecule has 1 amide bonds. The van der Waals surface area contributed by atoms with Crippen LogP contribution in [0.15, 0.2) is 36.4 Å². The summed E-state index contributed by atoms with van der Waals surface area (Å²) in [6, 6.07) is 11.1. The Hall–Kier alpha value is -3.37. The Labute approximate surface area is 229 Å². The number of carbonyl (C=O) groups excluding carboxylic acids is 1. The van der Waals surface area contributed by atoms with Crippen LogP contribution in [0, 0.1) is 12.8 Å². The van der Waals surface area contributed by atoms with Crippen molar-refractivity contribution in [2.75, 3.05) is 21.2 Å². The number of carboxylic acid groups (broad SMARTS) is 1. The first-order valence-corrected chi connectivity index (χ1v) is 14.7. The zero-order chi connectivity index (χ0) is 28.5. The van der Waals surface area contributed by atoms with Crippen LogP contribution in [0.1, 0.15) is 66.4 Å². The fourth-order valence-corrected chi connectivity index (χ4v) is 5.98. The minimum atomic E-state index is -3.98. The number of methoxy groups -OCH3 is 1. The third-order valence-corrected chi connectivity index (χ3v) is 9.05. The van der Waals surface area contributed by atoms with Crippen molar-refractivity contribution in [1.29, 1.82) is 0 Å². The van der Waals surface area contributed by atoms with Crippen LogP contribution in [0.3, 0.4) is 0 Å². The van der Waals surface area contributed by atoms with E-state index in [4.69, 9.17) is 4.74 Å². The zero-order valence-corrected chi connectivity index (χ0v) is 24.0. The number of aliphatic carboxylic acids is 1. The number of nitrogens with zero attached hydrogens (tertiary/aromatic N) is 2. The predicted molar refractivity (Wildman–Crippen MR) is 151 cm³/mol. The molecule has 1 unspecified atom stereocenters. The average Bonchev–Trinajstić information content (AvgIpc) is 3.21. The quantitative estimate of drug-likeness (QED) is 0.387. The molecule has 10 heteroatoms. The van der Waals surface area contributed by atoms with Crippen LogP contribution in [-0.4, -0.2) is 55.5 Å². The molecule has 0 bridgehead atoms. The zero-order valence-electron chi connectivity index (χ0n) is 23.2. The van der Waals surface area contributed by atoms with Crippen molar-refractivity contribution in [3.05, 3.63) is 53.1 Å². The van der Waals surface area contributed by atoms with Crippen molar-refractivity contribution >= 4 is 33.0 Å². The van der Waals surface area contributed by atoms with Gasteiger partial charge in [0.15, 0.2) is 0 Å². The molecule has 2 N–H and O–H groups in total. The lowest BCUT2D eigenvalue weighted by molar-refractivity contribution is -0.141. The van der Waals surface area contributed by atoms with Gasteiger partial charge in [-0.15, -0.1) is 0 Å². The molecule has 39 heavy (non-hydrogen) atoms. The number of rotatable bonds is 9. The van der Waals surface area contributed by atoms with Gasteiger partial charge in [-0.2, -0.15) is 12.7 Å². The second-order valence-electron chi connectivity index (χ2n) is 10.6. The van der Waals surface area contributed by atoms with E-state index < -0.39 is 28.0 Å². The third kappa shape index (κ3) is 5.81. The van der Waals surface area contributed by atoms with Crippen molar-refractivity contribution in [2.45, 2.75) is 58.4 Å². The standard InChI is InChI=1S/C29H37N3O6S/c1-18-15-22(38-5)12-14-23(18)27-26(20-9-7-6-8-10-20)24-13-11-21(28(33)30-39(36,37)31(3)4)16-25(24)32(27)17-19(2)29(34)35/h11-16,19-20H,6-10,17H2,1-5H3,(H,30,33)(H,34,35). The van der Waals surface area contributed by atoms with Gasteiger partial charge in [-0.25, -0.2) is 4.72 Å². The van der Waals surface area contributed by atoms with Gasteiger partial charge in [0, 0.05) is 42.7 Å². The number of hydrogen-bond acceptors (Lipinski definition) is 5. The maximum atomic E-state index is 13.0. The van der Waals surface area contributed by atoms with E-state index in [1.54, 1.807) is 26.2 Å². The van der Waals surface area contributed by atoms with Gasteiger partial charge >= 0.3 is 16.2 Å². The Kier molecular flexibility index (Phi) is 8.37. The second-order valence-corrected chi connectivity index (χ2v) is 12.5. The summed E-state index contributed by atoms with van der Waals surface area (Å²) >= 11 is 0. The summed E-state index contributed by atoms with van der Waals surface area (Å²) in [6.07, 6.45) is 5.48. The van der Waals surface area contributed by atoms with Crippen LogP contribution in [-0.2, 0) is 21.5 Å². The van der Waals surface area contributed by atoms with E-state index in [-0.39, 0.29) is 18.0 Å². The Bertz CT molecular complexity index is 1500. The van der Waals surface area contributed by atoms with Gasteiger partial charge in [-0.1, -0.05) is 32.3 Å². The highest BCUT2D eigenvalue weighted by Gasteiger charge is 2.29. The molecule has 1 atom stereocenters. The van der Waals surface area contributed by atoms with E-state index in [0.717, 1.165) is 63.5 Å². The van der Waals surface area contributed by atoms with Crippen LogP contribution >= 0.6 is 0 Å². The molecule has 3 aromatic rings. The molecule has 1 aromatic heterocycles. The lowest BCUT2D eigenvalue weighted by atomic mass is 9.81. The van der Waals surface area contributed by atoms with Crippen LogP contribution < -0.4 is 9.46 Å². The van der Waals surface area contributed by atoms with Gasteiger partial charge in [0.1, 0.15) is 5.75 Å². The SMILES string of the molecule is COc1ccc(-c2c(C3CCCCC3)c3ccc(C(=O)NS(=O)(=O)N(C)C)cc3n2CC(C)C(=O)O)c(C)c1. The number of aryl methyl sites for hydroxylation is 1. The number of fused-ring (bicyclic) bond motifs is 1. The minimum absolute atomic E-state index is 0.183. The summed E-state index contributed by atoms with van der Waals surface area (Å²) < 4.78 is 35.1. The second kappa shape index (κ2) is 11.4. The molecule has 1 heterocycles. The summed E-state index contributed by atoms with van der Waals surface area (Å²) in [5, 5.41) is 10.8. The first kappa shape index (κ1) is 28.6. The summed E-state index contributed by atoms with van der Waals surface area (Å²) in [6.45, 7) is 3.87. The van der Waals surface area contributed by atoms with E-state index in [0.29, 0.717) is 5.52 Å². The normalized spacial score (nSPS) is 15.4. The largest absolute Gasteiger partial charge is 0.497 e. The molecular formula is C29H37N3O6S. The van der Waals surface area contributed by atoms with Crippen molar-refractivity contribution in [1.82, 2.24) is 13.6 Å². The number of carboxylic acids is 1. The number of aromatic nitrogens is 1. The summed E-state index contributed by atoms with van der Waals surface area (Å²) in [5.41, 5.74) is 4.97. The van der Waals surface area contributed by atoms with Crippen molar-refractivity contribution < 1.29 is 27.9 Å². The van der Waals surface area contributed by atoms with E-state index >= 15 is 0 Å². The summed E-state index contributed by atoms with van der Waals surface area (Å²) in [5.74, 6) is -1.33. The molecule has 1 aliphatic carbocycles.